The molecule has 1 fully saturated rings. The van der Waals surface area contributed by atoms with Crippen LogP contribution in [0.1, 0.15) is 56.7 Å². The fraction of sp³-hybridized carbons (Fsp3) is 0.448. The summed E-state index contributed by atoms with van der Waals surface area (Å²) >= 11 is 0. The molecular formula is C29H35F3N2O5P+. The number of nitrogens with zero attached hydrogens (tertiary/aromatic N) is 1. The van der Waals surface area contributed by atoms with E-state index in [4.69, 9.17) is 0 Å². The number of allylic oxidation sites excluding steroid dienone is 3. The monoisotopic (exact) mass is 579 g/mol. The smallest absolute Gasteiger partial charge is 0.324 e. The lowest BCUT2D eigenvalue weighted by Gasteiger charge is -2.54. The number of anilines is 1. The minimum absolute atomic E-state index is 0.0458. The van der Waals surface area contributed by atoms with Gasteiger partial charge in [0.05, 0.1) is 11.4 Å². The van der Waals surface area contributed by atoms with E-state index in [0.717, 1.165) is 16.7 Å². The van der Waals surface area contributed by atoms with Gasteiger partial charge in [0.15, 0.2) is 0 Å². The highest BCUT2D eigenvalue weighted by molar-refractivity contribution is 7.53. The van der Waals surface area contributed by atoms with Crippen molar-refractivity contribution in [1.29, 1.82) is 0 Å². The Balaban J connectivity index is 1.66. The molecule has 0 spiro atoms. The van der Waals surface area contributed by atoms with Crippen LogP contribution < -0.4 is 5.32 Å². The predicted octanol–water partition coefficient (Wildman–Crippen LogP) is 6.39. The van der Waals surface area contributed by atoms with Crippen LogP contribution >= 0.6 is 8.17 Å². The van der Waals surface area contributed by atoms with Crippen LogP contribution in [0.25, 0.3) is 0 Å². The minimum atomic E-state index is -5.17. The highest BCUT2D eigenvalue weighted by Crippen LogP contribution is 2.64. The second-order valence-corrected chi connectivity index (χ2v) is 12.0. The van der Waals surface area contributed by atoms with Crippen LogP contribution in [0.3, 0.4) is 0 Å². The van der Waals surface area contributed by atoms with Crippen molar-refractivity contribution < 1.29 is 37.2 Å². The summed E-state index contributed by atoms with van der Waals surface area (Å²) in [6.45, 7) is 3.76. The molecule has 0 aliphatic heterocycles. The summed E-state index contributed by atoms with van der Waals surface area (Å²) in [5.41, 5.74) is 0.634. The van der Waals surface area contributed by atoms with Crippen molar-refractivity contribution in [3.63, 3.8) is 0 Å². The fourth-order valence-electron chi connectivity index (χ4n) is 6.33. The van der Waals surface area contributed by atoms with Gasteiger partial charge in [-0.05, 0) is 81.6 Å². The predicted molar refractivity (Wildman–Crippen MR) is 147 cm³/mol. The third-order valence-corrected chi connectivity index (χ3v) is 8.84. The zero-order chi connectivity index (χ0) is 29.2. The number of aromatic nitrogens is 1. The quantitative estimate of drug-likeness (QED) is 0.270. The van der Waals surface area contributed by atoms with Crippen molar-refractivity contribution in [2.75, 3.05) is 5.32 Å². The van der Waals surface area contributed by atoms with Crippen molar-refractivity contribution in [3.8, 4) is 0 Å². The van der Waals surface area contributed by atoms with Crippen LogP contribution in [-0.2, 0) is 15.7 Å². The Labute approximate surface area is 232 Å². The fourth-order valence-corrected chi connectivity index (χ4v) is 7.07. The summed E-state index contributed by atoms with van der Waals surface area (Å²) in [6.07, 6.45) is 0.849. The Morgan fingerprint density at radius 2 is 1.88 bits per heavy atom. The molecule has 1 unspecified atom stereocenters. The van der Waals surface area contributed by atoms with E-state index in [1.54, 1.807) is 31.3 Å². The highest BCUT2D eigenvalue weighted by Gasteiger charge is 2.68. The number of carbonyl (C=O) groups is 1. The molecule has 1 aromatic heterocycles. The number of nitrogens with one attached hydrogen (secondary N) is 1. The lowest BCUT2D eigenvalue weighted by molar-refractivity contribution is -0.276. The van der Waals surface area contributed by atoms with Gasteiger partial charge in [-0.25, -0.2) is 0 Å². The van der Waals surface area contributed by atoms with E-state index in [-0.39, 0.29) is 18.7 Å². The third-order valence-electron chi connectivity index (χ3n) is 8.24. The zero-order valence-corrected chi connectivity index (χ0v) is 23.4. The van der Waals surface area contributed by atoms with Gasteiger partial charge >= 0.3 is 14.3 Å². The number of hydrogen-bond acceptors (Lipinski definition) is 6. The molecule has 11 heteroatoms. The van der Waals surface area contributed by atoms with E-state index in [2.05, 4.69) is 14.8 Å². The zero-order valence-electron chi connectivity index (χ0n) is 22.5. The SMILES string of the molecule is CC1=C(/C=C\CC(=O)Nc2cccnc2C)[C@]2(Cc3ccccc3)CC[C@](O[P+](O)(O)O)(C(F)(F)F)CC2CC1. The van der Waals surface area contributed by atoms with Gasteiger partial charge in [0.25, 0.3) is 0 Å². The third kappa shape index (κ3) is 6.64. The average molecular weight is 580 g/mol. The molecular weight excluding hydrogens is 544 g/mol. The molecule has 216 valence electrons. The number of alkyl halides is 3. The number of aryl methyl sites for hydroxylation is 1. The first-order valence-electron chi connectivity index (χ1n) is 13.2. The van der Waals surface area contributed by atoms with Crippen LogP contribution in [-0.4, -0.2) is 37.3 Å². The van der Waals surface area contributed by atoms with Crippen molar-refractivity contribution in [1.82, 2.24) is 4.98 Å². The first-order valence-corrected chi connectivity index (χ1v) is 14.8. The normalized spacial score (nSPS) is 25.6. The van der Waals surface area contributed by atoms with Crippen LogP contribution in [0, 0.1) is 18.3 Å². The van der Waals surface area contributed by atoms with Crippen LogP contribution in [0.5, 0.6) is 0 Å². The standard InChI is InChI=1S/C29H34F3N2O5P/c1-20-13-14-23-19-28(29(30,31)32,39-40(36,37)38)16-15-27(23,18-22-8-4-3-5-9-22)24(20)10-6-12-26(35)34-25-11-7-17-33-21(25)2/h3-11,17,23,36-38H,12-16,18-19H2,1-2H3/p+1/b10-6-/t23?,27-,28+/m0/s1. The molecule has 7 nitrogen and oxygen atoms in total. The van der Waals surface area contributed by atoms with Gasteiger partial charge < -0.3 is 5.32 Å². The van der Waals surface area contributed by atoms with Crippen molar-refractivity contribution >= 4 is 19.8 Å². The Bertz CT molecular complexity index is 1280. The Morgan fingerprint density at radius 1 is 1.15 bits per heavy atom. The molecule has 0 radical (unpaired) electrons. The second-order valence-electron chi connectivity index (χ2n) is 10.8. The Morgan fingerprint density at radius 3 is 2.52 bits per heavy atom. The maximum Gasteiger partial charge on any atom is 0.568 e. The van der Waals surface area contributed by atoms with Gasteiger partial charge in [-0.15, -0.1) is 4.52 Å². The summed E-state index contributed by atoms with van der Waals surface area (Å²) in [5.74, 6) is -0.762. The molecule has 1 saturated carbocycles. The average Bonchev–Trinajstić information content (AvgIpc) is 2.86. The first-order chi connectivity index (χ1) is 18.7. The van der Waals surface area contributed by atoms with E-state index in [0.29, 0.717) is 30.6 Å². The lowest BCUT2D eigenvalue weighted by Crippen LogP contribution is -2.56. The molecule has 2 aliphatic rings. The van der Waals surface area contributed by atoms with Gasteiger partial charge in [-0.1, -0.05) is 48.1 Å². The van der Waals surface area contributed by atoms with Gasteiger partial charge in [0.1, 0.15) is 0 Å². The van der Waals surface area contributed by atoms with Crippen molar-refractivity contribution in [3.05, 3.63) is 83.2 Å². The topological polar surface area (TPSA) is 112 Å². The van der Waals surface area contributed by atoms with Crippen LogP contribution in [0.15, 0.2) is 72.0 Å². The number of pyridine rings is 1. The number of hydrogen-bond donors (Lipinski definition) is 4. The molecule has 2 aliphatic carbocycles. The molecule has 1 amide bonds. The van der Waals surface area contributed by atoms with Gasteiger partial charge in [0, 0.05) is 18.0 Å². The van der Waals surface area contributed by atoms with Gasteiger partial charge in [-0.2, -0.15) is 27.9 Å². The van der Waals surface area contributed by atoms with E-state index >= 15 is 0 Å². The molecule has 40 heavy (non-hydrogen) atoms. The summed E-state index contributed by atoms with van der Waals surface area (Å²) in [7, 11) is -5.17. The van der Waals surface area contributed by atoms with Crippen LogP contribution in [0.4, 0.5) is 18.9 Å². The summed E-state index contributed by atoms with van der Waals surface area (Å²) in [6, 6.07) is 13.0. The highest BCUT2D eigenvalue weighted by atomic mass is 31.2. The molecule has 2 aromatic rings. The summed E-state index contributed by atoms with van der Waals surface area (Å²) in [5, 5.41) is 2.84. The molecule has 0 bridgehead atoms. The van der Waals surface area contributed by atoms with Crippen molar-refractivity contribution in [2.24, 2.45) is 11.3 Å². The number of benzene rings is 1. The van der Waals surface area contributed by atoms with E-state index in [1.807, 2.05) is 43.3 Å². The molecule has 1 heterocycles. The van der Waals surface area contributed by atoms with Gasteiger partial charge in [0.2, 0.25) is 11.5 Å². The Hall–Kier alpha value is -2.62. The second kappa shape index (κ2) is 11.7. The number of amides is 1. The number of rotatable bonds is 8. The van der Waals surface area contributed by atoms with Gasteiger partial charge in [-0.3, -0.25) is 9.78 Å². The molecule has 1 aromatic carbocycles. The van der Waals surface area contributed by atoms with Crippen LogP contribution in [0.2, 0.25) is 0 Å². The molecule has 4 N–H and O–H groups in total. The first kappa shape index (κ1) is 30.3. The number of carbonyl (C=O) groups excluding carboxylic acids is 1. The summed E-state index contributed by atoms with van der Waals surface area (Å²) in [4.78, 5) is 45.4. The molecule has 3 atom stereocenters. The van der Waals surface area contributed by atoms with E-state index < -0.39 is 44.1 Å². The molecule has 0 saturated heterocycles. The van der Waals surface area contributed by atoms with E-state index in [1.165, 1.54) is 0 Å². The van der Waals surface area contributed by atoms with Crippen molar-refractivity contribution in [2.45, 2.75) is 70.6 Å². The van der Waals surface area contributed by atoms with E-state index in [9.17, 15) is 32.6 Å². The number of fused-ring (bicyclic) bond motifs is 1. The minimum Gasteiger partial charge on any atom is -0.324 e. The Kier molecular flexibility index (Phi) is 8.88. The summed E-state index contributed by atoms with van der Waals surface area (Å²) < 4.78 is 47.9. The largest absolute Gasteiger partial charge is 0.568 e. The maximum absolute atomic E-state index is 14.4. The maximum atomic E-state index is 14.4. The lowest BCUT2D eigenvalue weighted by atomic mass is 9.52. The molecule has 4 rings (SSSR count). The number of halogens is 3.